The van der Waals surface area contributed by atoms with Crippen molar-refractivity contribution in [1.29, 1.82) is 0 Å². The van der Waals surface area contributed by atoms with Crippen molar-refractivity contribution in [2.75, 3.05) is 11.5 Å². The maximum Gasteiger partial charge on any atom is 0.323 e. The normalized spacial score (nSPS) is 14.5. The molecule has 246 valence electrons. The summed E-state index contributed by atoms with van der Waals surface area (Å²) in [6.45, 7) is 7.13. The maximum absolute atomic E-state index is 13.4. The summed E-state index contributed by atoms with van der Waals surface area (Å²) in [5.74, 6) is -1.97. The Labute approximate surface area is 277 Å². The molecule has 0 bridgehead atoms. The Bertz CT molecular complexity index is 2130. The van der Waals surface area contributed by atoms with Gasteiger partial charge >= 0.3 is 11.9 Å². The van der Waals surface area contributed by atoms with Gasteiger partial charge in [-0.05, 0) is 85.8 Å². The smallest absolute Gasteiger partial charge is 0.323 e. The maximum atomic E-state index is 13.4. The van der Waals surface area contributed by atoms with E-state index in [9.17, 15) is 19.2 Å². The second kappa shape index (κ2) is 12.6. The Kier molecular flexibility index (Phi) is 8.50. The molecule has 1 aromatic heterocycles. The average molecular weight is 648 g/mol. The van der Waals surface area contributed by atoms with Crippen molar-refractivity contribution in [2.45, 2.75) is 52.4 Å². The monoisotopic (exact) mass is 647 g/mol. The number of benzene rings is 4. The minimum Gasteiger partial charge on any atom is -0.460 e. The lowest BCUT2D eigenvalue weighted by Crippen LogP contribution is -2.33. The summed E-state index contributed by atoms with van der Waals surface area (Å²) in [6.07, 6.45) is -0.957. The van der Waals surface area contributed by atoms with E-state index < -0.39 is 36.0 Å². The molecule has 6 rings (SSSR count). The van der Waals surface area contributed by atoms with Gasteiger partial charge in [0.25, 0.3) is 11.8 Å². The first-order valence-electron chi connectivity index (χ1n) is 15.6. The lowest BCUT2D eigenvalue weighted by Gasteiger charge is -2.21. The standard InChI is InChI=1S/C37H37N5O6/c1-18-8-9-23-16-42(35(44)27(23)12-18)31-7-5-6-25(19(31)2)24-13-28-26-11-10-22(15-30(26)41-33(28)29(14-24)34(40)43)32(48-37(46)21(4)39)17-47-36(45)20(3)38/h5-15,20-21,32,41H,16-17,38-39H2,1-4H3,(H2,40,43). The number of anilines is 1. The Balaban J connectivity index is 1.41. The lowest BCUT2D eigenvalue weighted by atomic mass is 9.94. The van der Waals surface area contributed by atoms with Crippen LogP contribution in [0.3, 0.4) is 0 Å². The van der Waals surface area contributed by atoms with Crippen LogP contribution in [0.2, 0.25) is 0 Å². The first-order chi connectivity index (χ1) is 22.8. The fraction of sp³-hybridized carbons (Fsp3) is 0.243. The molecule has 0 spiro atoms. The Morgan fingerprint density at radius 1 is 0.896 bits per heavy atom. The number of fused-ring (bicyclic) bond motifs is 4. The molecule has 0 saturated heterocycles. The van der Waals surface area contributed by atoms with Crippen LogP contribution in [0.4, 0.5) is 5.69 Å². The highest BCUT2D eigenvalue weighted by Gasteiger charge is 2.30. The molecule has 48 heavy (non-hydrogen) atoms. The van der Waals surface area contributed by atoms with Crippen LogP contribution in [0.25, 0.3) is 32.9 Å². The number of esters is 2. The highest BCUT2D eigenvalue weighted by atomic mass is 16.6. The first-order valence-corrected chi connectivity index (χ1v) is 15.6. The number of hydrogen-bond donors (Lipinski definition) is 4. The van der Waals surface area contributed by atoms with E-state index >= 15 is 0 Å². The third kappa shape index (κ3) is 5.89. The number of carbonyl (C=O) groups excluding carboxylic acids is 4. The van der Waals surface area contributed by atoms with Gasteiger partial charge in [0.1, 0.15) is 18.7 Å². The molecule has 3 atom stereocenters. The fourth-order valence-corrected chi connectivity index (χ4v) is 6.15. The van der Waals surface area contributed by atoms with Crippen LogP contribution in [-0.4, -0.2) is 47.4 Å². The van der Waals surface area contributed by atoms with Gasteiger partial charge < -0.3 is 36.6 Å². The van der Waals surface area contributed by atoms with Crippen molar-refractivity contribution in [1.82, 2.24) is 4.98 Å². The van der Waals surface area contributed by atoms with Gasteiger partial charge in [-0.2, -0.15) is 0 Å². The minimum absolute atomic E-state index is 0.0492. The highest BCUT2D eigenvalue weighted by molar-refractivity contribution is 6.16. The summed E-state index contributed by atoms with van der Waals surface area (Å²) < 4.78 is 10.9. The van der Waals surface area contributed by atoms with Gasteiger partial charge in [-0.25, -0.2) is 0 Å². The summed E-state index contributed by atoms with van der Waals surface area (Å²) in [4.78, 5) is 55.9. The number of aryl methyl sites for hydroxylation is 1. The van der Waals surface area contributed by atoms with Crippen LogP contribution < -0.4 is 22.1 Å². The van der Waals surface area contributed by atoms with E-state index in [-0.39, 0.29) is 18.1 Å². The Hall–Kier alpha value is -5.52. The molecule has 11 heteroatoms. The van der Waals surface area contributed by atoms with Gasteiger partial charge in [0.15, 0.2) is 6.10 Å². The molecule has 2 heterocycles. The van der Waals surface area contributed by atoms with Gasteiger partial charge in [-0.3, -0.25) is 19.2 Å². The van der Waals surface area contributed by atoms with Gasteiger partial charge in [-0.15, -0.1) is 0 Å². The predicted octanol–water partition coefficient (Wildman–Crippen LogP) is 4.69. The molecular weight excluding hydrogens is 610 g/mol. The number of rotatable bonds is 9. The van der Waals surface area contributed by atoms with Gasteiger partial charge in [0.2, 0.25) is 0 Å². The van der Waals surface area contributed by atoms with Crippen molar-refractivity contribution in [3.05, 3.63) is 100 Å². The number of H-pyrrole nitrogens is 1. The van der Waals surface area contributed by atoms with Crippen molar-refractivity contribution in [3.63, 3.8) is 0 Å². The second-order valence-corrected chi connectivity index (χ2v) is 12.4. The van der Waals surface area contributed by atoms with Crippen molar-refractivity contribution >= 4 is 51.2 Å². The molecule has 2 amide bonds. The highest BCUT2D eigenvalue weighted by Crippen LogP contribution is 2.39. The summed E-state index contributed by atoms with van der Waals surface area (Å²) in [6, 6.07) is 19.0. The van der Waals surface area contributed by atoms with E-state index in [1.807, 2.05) is 62.4 Å². The number of aromatic amines is 1. The number of nitrogens with one attached hydrogen (secondary N) is 1. The van der Waals surface area contributed by atoms with Gasteiger partial charge in [0, 0.05) is 27.5 Å². The quantitative estimate of drug-likeness (QED) is 0.166. The first kappa shape index (κ1) is 32.4. The molecule has 11 nitrogen and oxygen atoms in total. The number of nitrogens with zero attached hydrogens (tertiary/aromatic N) is 1. The zero-order valence-corrected chi connectivity index (χ0v) is 27.1. The second-order valence-electron chi connectivity index (χ2n) is 12.4. The molecule has 3 unspecified atom stereocenters. The minimum atomic E-state index is -0.957. The zero-order valence-electron chi connectivity index (χ0n) is 27.1. The van der Waals surface area contributed by atoms with Crippen LogP contribution in [-0.2, 0) is 25.6 Å². The largest absolute Gasteiger partial charge is 0.460 e. The Morgan fingerprint density at radius 2 is 1.65 bits per heavy atom. The number of primary amides is 1. The number of amides is 2. The van der Waals surface area contributed by atoms with E-state index in [0.29, 0.717) is 28.7 Å². The van der Waals surface area contributed by atoms with Crippen molar-refractivity contribution in [3.8, 4) is 11.1 Å². The zero-order chi connectivity index (χ0) is 34.4. The summed E-state index contributed by atoms with van der Waals surface area (Å²) >= 11 is 0. The number of carbonyl (C=O) groups is 4. The molecule has 0 fully saturated rings. The molecule has 4 aromatic carbocycles. The number of hydrogen-bond acceptors (Lipinski definition) is 8. The molecule has 0 radical (unpaired) electrons. The molecule has 0 aliphatic carbocycles. The van der Waals surface area contributed by atoms with Gasteiger partial charge in [0.05, 0.1) is 17.6 Å². The van der Waals surface area contributed by atoms with Crippen LogP contribution >= 0.6 is 0 Å². The molecule has 1 aliphatic heterocycles. The summed E-state index contributed by atoms with van der Waals surface area (Å²) in [5.41, 5.74) is 25.3. The van der Waals surface area contributed by atoms with Crippen LogP contribution in [0.5, 0.6) is 0 Å². The van der Waals surface area contributed by atoms with E-state index in [1.54, 1.807) is 23.1 Å². The van der Waals surface area contributed by atoms with Crippen LogP contribution in [0.15, 0.2) is 66.7 Å². The SMILES string of the molecule is Cc1ccc2c(c1)C(=O)N(c1cccc(-c3cc(C(N)=O)c4[nH]c5cc(C(COC(=O)C(C)N)OC(=O)C(C)N)ccc5c4c3)c1C)C2. The number of aromatic nitrogens is 1. The van der Waals surface area contributed by atoms with Crippen LogP contribution in [0, 0.1) is 13.8 Å². The average Bonchev–Trinajstić information content (AvgIpc) is 3.58. The fourth-order valence-electron chi connectivity index (χ4n) is 6.15. The Morgan fingerprint density at radius 3 is 2.35 bits per heavy atom. The summed E-state index contributed by atoms with van der Waals surface area (Å²) in [5, 5.41) is 1.54. The third-order valence-electron chi connectivity index (χ3n) is 8.72. The van der Waals surface area contributed by atoms with Crippen LogP contribution in [0.1, 0.15) is 62.9 Å². The lowest BCUT2D eigenvalue weighted by molar-refractivity contribution is -0.160. The van der Waals surface area contributed by atoms with E-state index in [4.69, 9.17) is 26.7 Å². The van der Waals surface area contributed by atoms with Crippen molar-refractivity contribution < 1.29 is 28.7 Å². The molecular formula is C37H37N5O6. The third-order valence-corrected chi connectivity index (χ3v) is 8.72. The predicted molar refractivity (Wildman–Crippen MR) is 183 cm³/mol. The summed E-state index contributed by atoms with van der Waals surface area (Å²) in [7, 11) is 0. The molecule has 7 N–H and O–H groups in total. The van der Waals surface area contributed by atoms with E-state index in [2.05, 4.69) is 4.98 Å². The van der Waals surface area contributed by atoms with E-state index in [1.165, 1.54) is 13.8 Å². The van der Waals surface area contributed by atoms with Gasteiger partial charge in [-0.1, -0.05) is 42.0 Å². The van der Waals surface area contributed by atoms with Crippen molar-refractivity contribution in [2.24, 2.45) is 17.2 Å². The van der Waals surface area contributed by atoms with E-state index in [0.717, 1.165) is 44.3 Å². The molecule has 0 saturated carbocycles. The molecule has 1 aliphatic rings. The molecule has 5 aromatic rings. The topological polar surface area (TPSA) is 184 Å². The number of ether oxygens (including phenoxy) is 2. The number of nitrogens with two attached hydrogens (primary N) is 3.